The number of carbonyl (C=O) groups excluding carboxylic acids is 2. The molecule has 0 unspecified atom stereocenters. The zero-order valence-electron chi connectivity index (χ0n) is 16.4. The van der Waals surface area contributed by atoms with E-state index in [1.807, 2.05) is 6.92 Å². The van der Waals surface area contributed by atoms with Gasteiger partial charge in [0.15, 0.2) is 0 Å². The van der Waals surface area contributed by atoms with Gasteiger partial charge in [-0.3, -0.25) is 4.79 Å². The first kappa shape index (κ1) is 18.8. The maximum Gasteiger partial charge on any atom is 0.348 e. The standard InChI is InChI=1S/C22H26O3S/c1-13-11-15-16(22(4,5)10-9-21(15,2)3)12-14(13)19(23)17-7-8-18(26-17)20(24)25-6/h7-8,11-12H,9-10H2,1-6H3. The van der Waals surface area contributed by atoms with Crippen molar-refractivity contribution < 1.29 is 14.3 Å². The van der Waals surface area contributed by atoms with Gasteiger partial charge < -0.3 is 4.74 Å². The monoisotopic (exact) mass is 370 g/mol. The molecule has 0 saturated carbocycles. The molecule has 0 fully saturated rings. The van der Waals surface area contributed by atoms with E-state index in [0.717, 1.165) is 24.0 Å². The van der Waals surface area contributed by atoms with Gasteiger partial charge in [0, 0.05) is 5.56 Å². The Morgan fingerprint density at radius 1 is 0.962 bits per heavy atom. The largest absolute Gasteiger partial charge is 0.465 e. The fourth-order valence-electron chi connectivity index (χ4n) is 3.77. The van der Waals surface area contributed by atoms with Crippen molar-refractivity contribution in [2.24, 2.45) is 0 Å². The third-order valence-electron chi connectivity index (χ3n) is 5.66. The average Bonchev–Trinajstić information content (AvgIpc) is 3.07. The molecular formula is C22H26O3S. The highest BCUT2D eigenvalue weighted by molar-refractivity contribution is 7.16. The molecule has 3 nitrogen and oxygen atoms in total. The Hall–Kier alpha value is -1.94. The highest BCUT2D eigenvalue weighted by Crippen LogP contribution is 2.46. The molecule has 1 aliphatic rings. The summed E-state index contributed by atoms with van der Waals surface area (Å²) in [6.45, 7) is 11.1. The van der Waals surface area contributed by atoms with Crippen LogP contribution in [0.3, 0.4) is 0 Å². The first-order chi connectivity index (χ1) is 12.1. The number of esters is 1. The maximum absolute atomic E-state index is 13.1. The molecule has 1 aromatic heterocycles. The number of methoxy groups -OCH3 is 1. The van der Waals surface area contributed by atoms with Crippen LogP contribution in [-0.4, -0.2) is 18.9 Å². The molecule has 0 aliphatic heterocycles. The topological polar surface area (TPSA) is 43.4 Å². The van der Waals surface area contributed by atoms with Gasteiger partial charge in [0.2, 0.25) is 5.78 Å². The van der Waals surface area contributed by atoms with Crippen molar-refractivity contribution in [1.29, 1.82) is 0 Å². The third kappa shape index (κ3) is 3.11. The van der Waals surface area contributed by atoms with Crippen LogP contribution in [0.15, 0.2) is 24.3 Å². The van der Waals surface area contributed by atoms with Crippen LogP contribution < -0.4 is 0 Å². The van der Waals surface area contributed by atoms with Gasteiger partial charge in [0.1, 0.15) is 4.88 Å². The van der Waals surface area contributed by atoms with Gasteiger partial charge in [-0.05, 0) is 65.5 Å². The lowest BCUT2D eigenvalue weighted by Gasteiger charge is -2.42. The van der Waals surface area contributed by atoms with Gasteiger partial charge in [0.05, 0.1) is 12.0 Å². The van der Waals surface area contributed by atoms with Crippen molar-refractivity contribution in [2.75, 3.05) is 7.11 Å². The number of aryl methyl sites for hydroxylation is 1. The molecule has 26 heavy (non-hydrogen) atoms. The number of carbonyl (C=O) groups is 2. The number of hydrogen-bond donors (Lipinski definition) is 0. The molecule has 0 atom stereocenters. The van der Waals surface area contributed by atoms with Crippen LogP contribution in [0, 0.1) is 6.92 Å². The van der Waals surface area contributed by atoms with E-state index in [1.54, 1.807) is 12.1 Å². The molecule has 2 aromatic rings. The lowest BCUT2D eigenvalue weighted by atomic mass is 9.62. The smallest absolute Gasteiger partial charge is 0.348 e. The van der Waals surface area contributed by atoms with E-state index in [2.05, 4.69) is 39.8 Å². The van der Waals surface area contributed by atoms with Crippen LogP contribution in [0.2, 0.25) is 0 Å². The lowest BCUT2D eigenvalue weighted by molar-refractivity contribution is 0.0606. The molecule has 0 N–H and O–H groups in total. The van der Waals surface area contributed by atoms with Crippen molar-refractivity contribution in [3.05, 3.63) is 56.3 Å². The SMILES string of the molecule is COC(=O)c1ccc(C(=O)c2cc3c(cc2C)C(C)(C)CCC3(C)C)s1. The summed E-state index contributed by atoms with van der Waals surface area (Å²) < 4.78 is 4.74. The van der Waals surface area contributed by atoms with E-state index in [9.17, 15) is 9.59 Å². The van der Waals surface area contributed by atoms with E-state index in [-0.39, 0.29) is 16.6 Å². The number of rotatable bonds is 3. The van der Waals surface area contributed by atoms with Crippen molar-refractivity contribution in [3.63, 3.8) is 0 Å². The number of thiophene rings is 1. The zero-order valence-corrected chi connectivity index (χ0v) is 17.2. The quantitative estimate of drug-likeness (QED) is 0.535. The number of ether oxygens (including phenoxy) is 1. The van der Waals surface area contributed by atoms with Crippen LogP contribution in [0.4, 0.5) is 0 Å². The Labute approximate surface area is 159 Å². The van der Waals surface area contributed by atoms with E-state index < -0.39 is 5.97 Å². The molecule has 0 spiro atoms. The van der Waals surface area contributed by atoms with Crippen LogP contribution in [-0.2, 0) is 15.6 Å². The summed E-state index contributed by atoms with van der Waals surface area (Å²) in [5.74, 6) is -0.427. The van der Waals surface area contributed by atoms with Gasteiger partial charge in [-0.15, -0.1) is 11.3 Å². The fourth-order valence-corrected chi connectivity index (χ4v) is 4.65. The van der Waals surface area contributed by atoms with Crippen molar-refractivity contribution in [3.8, 4) is 0 Å². The zero-order chi connectivity index (χ0) is 19.3. The minimum Gasteiger partial charge on any atom is -0.465 e. The highest BCUT2D eigenvalue weighted by atomic mass is 32.1. The molecule has 0 amide bonds. The summed E-state index contributed by atoms with van der Waals surface area (Å²) in [5, 5.41) is 0. The third-order valence-corrected chi connectivity index (χ3v) is 6.72. The lowest BCUT2D eigenvalue weighted by Crippen LogP contribution is -2.34. The second kappa shape index (κ2) is 6.34. The minimum atomic E-state index is -0.404. The van der Waals surface area contributed by atoms with Crippen molar-refractivity contribution in [2.45, 2.75) is 58.3 Å². The molecule has 1 heterocycles. The number of fused-ring (bicyclic) bond motifs is 1. The van der Waals surface area contributed by atoms with Gasteiger partial charge in [0.25, 0.3) is 0 Å². The fraction of sp³-hybridized carbons (Fsp3) is 0.455. The number of hydrogen-bond acceptors (Lipinski definition) is 4. The Bertz CT molecular complexity index is 887. The van der Waals surface area contributed by atoms with Crippen LogP contribution in [0.25, 0.3) is 0 Å². The molecule has 0 saturated heterocycles. The molecule has 4 heteroatoms. The highest BCUT2D eigenvalue weighted by Gasteiger charge is 2.38. The summed E-state index contributed by atoms with van der Waals surface area (Å²) in [5.41, 5.74) is 4.52. The summed E-state index contributed by atoms with van der Waals surface area (Å²) in [6.07, 6.45) is 2.25. The molecule has 3 rings (SSSR count). The summed E-state index contributed by atoms with van der Waals surface area (Å²) >= 11 is 1.19. The van der Waals surface area contributed by atoms with Crippen LogP contribution in [0.1, 0.15) is 82.1 Å². The molecule has 0 radical (unpaired) electrons. The van der Waals surface area contributed by atoms with Crippen LogP contribution >= 0.6 is 11.3 Å². The predicted octanol–water partition coefficient (Wildman–Crippen LogP) is 5.42. The second-order valence-corrected chi connectivity index (χ2v) is 9.55. The predicted molar refractivity (Wildman–Crippen MR) is 106 cm³/mol. The van der Waals surface area contributed by atoms with Gasteiger partial charge in [-0.25, -0.2) is 4.79 Å². The molecule has 1 aromatic carbocycles. The second-order valence-electron chi connectivity index (χ2n) is 8.47. The van der Waals surface area contributed by atoms with E-state index >= 15 is 0 Å². The minimum absolute atomic E-state index is 0.0235. The van der Waals surface area contributed by atoms with E-state index in [0.29, 0.717) is 9.75 Å². The number of ketones is 1. The molecule has 1 aliphatic carbocycles. The van der Waals surface area contributed by atoms with E-state index in [1.165, 1.54) is 29.6 Å². The molecular weight excluding hydrogens is 344 g/mol. The van der Waals surface area contributed by atoms with E-state index in [4.69, 9.17) is 4.74 Å². The van der Waals surface area contributed by atoms with Crippen molar-refractivity contribution >= 4 is 23.1 Å². The van der Waals surface area contributed by atoms with Gasteiger partial charge in [-0.1, -0.05) is 33.8 Å². The van der Waals surface area contributed by atoms with Crippen molar-refractivity contribution in [1.82, 2.24) is 0 Å². The first-order valence-corrected chi connectivity index (χ1v) is 9.77. The summed E-state index contributed by atoms with van der Waals surface area (Å²) in [4.78, 5) is 25.8. The van der Waals surface area contributed by atoms with Gasteiger partial charge >= 0.3 is 5.97 Å². The summed E-state index contributed by atoms with van der Waals surface area (Å²) in [7, 11) is 1.35. The van der Waals surface area contributed by atoms with Crippen LogP contribution in [0.5, 0.6) is 0 Å². The molecule has 138 valence electrons. The number of benzene rings is 1. The molecule has 0 bridgehead atoms. The average molecular weight is 371 g/mol. The first-order valence-electron chi connectivity index (χ1n) is 8.95. The normalized spacial score (nSPS) is 17.5. The summed E-state index contributed by atoms with van der Waals surface area (Å²) in [6, 6.07) is 7.65. The maximum atomic E-state index is 13.1. The Morgan fingerprint density at radius 3 is 2.08 bits per heavy atom. The van der Waals surface area contributed by atoms with Gasteiger partial charge in [-0.2, -0.15) is 0 Å². The Kier molecular flexibility index (Phi) is 4.60. The Balaban J connectivity index is 2.08. The Morgan fingerprint density at radius 2 is 1.50 bits per heavy atom.